The van der Waals surface area contributed by atoms with Gasteiger partial charge in [0.15, 0.2) is 0 Å². The van der Waals surface area contributed by atoms with E-state index in [0.717, 1.165) is 23.5 Å². The zero-order valence-corrected chi connectivity index (χ0v) is 11.8. The van der Waals surface area contributed by atoms with Gasteiger partial charge in [0.25, 0.3) is 0 Å². The average molecular weight is 223 g/mol. The van der Waals surface area contributed by atoms with Crippen LogP contribution in [-0.4, -0.2) is 29.8 Å². The van der Waals surface area contributed by atoms with Gasteiger partial charge < -0.3 is 4.57 Å². The molecular weight excluding hydrogens is 202 g/mol. The first-order valence-corrected chi connectivity index (χ1v) is 6.43. The highest BCUT2D eigenvalue weighted by molar-refractivity contribution is 6.18. The summed E-state index contributed by atoms with van der Waals surface area (Å²) in [4.78, 5) is 0. The predicted molar refractivity (Wildman–Crippen MR) is 70.0 cm³/mol. The molecule has 0 aromatic heterocycles. The highest BCUT2D eigenvalue weighted by Gasteiger charge is 2.10. The second kappa shape index (κ2) is 6.61. The largest absolute Gasteiger partial charge is 0.380 e. The molecule has 0 bridgehead atoms. The fourth-order valence-corrected chi connectivity index (χ4v) is 2.21. The lowest BCUT2D eigenvalue weighted by Gasteiger charge is -2.31. The minimum atomic E-state index is 0.258. The fourth-order valence-electron chi connectivity index (χ4n) is 1.54. The van der Waals surface area contributed by atoms with Gasteiger partial charge in [-0.15, -0.1) is 0 Å². The Bertz CT molecular complexity index is 260. The van der Waals surface area contributed by atoms with Gasteiger partial charge in [0.05, 0.1) is 0 Å². The number of hydrogen-bond acceptors (Lipinski definition) is 3. The maximum Gasteiger partial charge on any atom is 0.126 e. The number of benzene rings is 1. The lowest BCUT2D eigenvalue weighted by atomic mass is 10.3. The third-order valence-electron chi connectivity index (χ3n) is 2.35. The molecule has 15 heavy (non-hydrogen) atoms. The molecular formula is C11H21N3Si. The number of hydrogen-bond donors (Lipinski definition) is 2. The third kappa shape index (κ3) is 3.66. The standard InChI is InChI=1S/C11H21N3Si/c1-3-12-11(13-4-2)14(15)10-8-6-5-7-9-10/h5-9,11-13H,3-4H2,1-2,15H3. The minimum absolute atomic E-state index is 0.258. The van der Waals surface area contributed by atoms with Crippen LogP contribution in [0, 0.1) is 0 Å². The first-order chi connectivity index (χ1) is 7.29. The summed E-state index contributed by atoms with van der Waals surface area (Å²) in [7, 11) is 0.997. The van der Waals surface area contributed by atoms with Crippen LogP contribution in [0.1, 0.15) is 13.8 Å². The van der Waals surface area contributed by atoms with Crippen LogP contribution in [-0.2, 0) is 0 Å². The molecule has 0 saturated carbocycles. The number of rotatable bonds is 6. The van der Waals surface area contributed by atoms with Gasteiger partial charge in [0.2, 0.25) is 0 Å². The van der Waals surface area contributed by atoms with E-state index in [9.17, 15) is 0 Å². The van der Waals surface area contributed by atoms with Gasteiger partial charge in [-0.3, -0.25) is 10.6 Å². The molecule has 0 spiro atoms. The quantitative estimate of drug-likeness (QED) is 0.536. The Morgan fingerprint density at radius 1 is 1.13 bits per heavy atom. The molecule has 0 aliphatic carbocycles. The Labute approximate surface area is 95.4 Å². The first-order valence-electron chi connectivity index (χ1n) is 5.54. The Morgan fingerprint density at radius 3 is 2.13 bits per heavy atom. The van der Waals surface area contributed by atoms with Crippen LogP contribution < -0.4 is 15.2 Å². The van der Waals surface area contributed by atoms with Crippen molar-refractivity contribution in [1.29, 1.82) is 0 Å². The van der Waals surface area contributed by atoms with E-state index in [0.29, 0.717) is 0 Å². The summed E-state index contributed by atoms with van der Waals surface area (Å²) < 4.78 is 2.34. The second-order valence-electron chi connectivity index (χ2n) is 3.46. The van der Waals surface area contributed by atoms with E-state index in [-0.39, 0.29) is 6.29 Å². The van der Waals surface area contributed by atoms with Crippen molar-refractivity contribution < 1.29 is 0 Å². The molecule has 1 aromatic carbocycles. The van der Waals surface area contributed by atoms with Crippen molar-refractivity contribution in [2.75, 3.05) is 17.7 Å². The fraction of sp³-hybridized carbons (Fsp3) is 0.455. The van der Waals surface area contributed by atoms with Crippen molar-refractivity contribution in [2.24, 2.45) is 0 Å². The van der Waals surface area contributed by atoms with Crippen molar-refractivity contribution in [1.82, 2.24) is 10.6 Å². The van der Waals surface area contributed by atoms with E-state index in [4.69, 9.17) is 0 Å². The average Bonchev–Trinajstić information content (AvgIpc) is 2.29. The molecule has 1 rings (SSSR count). The van der Waals surface area contributed by atoms with Crippen molar-refractivity contribution in [3.05, 3.63) is 30.3 Å². The van der Waals surface area contributed by atoms with Crippen molar-refractivity contribution >= 4 is 16.1 Å². The van der Waals surface area contributed by atoms with Crippen molar-refractivity contribution in [3.63, 3.8) is 0 Å². The summed E-state index contributed by atoms with van der Waals surface area (Å²) in [6.45, 7) is 6.21. The number of anilines is 1. The topological polar surface area (TPSA) is 27.3 Å². The van der Waals surface area contributed by atoms with Gasteiger partial charge in [-0.1, -0.05) is 32.0 Å². The number of nitrogens with one attached hydrogen (secondary N) is 2. The van der Waals surface area contributed by atoms with Gasteiger partial charge in [-0.2, -0.15) is 0 Å². The Kier molecular flexibility index (Phi) is 5.38. The van der Waals surface area contributed by atoms with Crippen LogP contribution in [0.2, 0.25) is 0 Å². The smallest absolute Gasteiger partial charge is 0.126 e. The van der Waals surface area contributed by atoms with E-state index in [1.54, 1.807) is 0 Å². The van der Waals surface area contributed by atoms with Crippen molar-refractivity contribution in [3.8, 4) is 0 Å². The van der Waals surface area contributed by atoms with Gasteiger partial charge in [-0.05, 0) is 25.2 Å². The molecule has 0 fully saturated rings. The van der Waals surface area contributed by atoms with E-state index in [2.05, 4.69) is 59.4 Å². The highest BCUT2D eigenvalue weighted by atomic mass is 28.2. The maximum atomic E-state index is 3.43. The molecule has 0 aliphatic heterocycles. The van der Waals surface area contributed by atoms with Crippen LogP contribution in [0.3, 0.4) is 0 Å². The summed E-state index contributed by atoms with van der Waals surface area (Å²) >= 11 is 0. The van der Waals surface area contributed by atoms with Gasteiger partial charge in [0.1, 0.15) is 16.7 Å². The molecule has 3 nitrogen and oxygen atoms in total. The summed E-state index contributed by atoms with van der Waals surface area (Å²) in [5.74, 6) is 0. The van der Waals surface area contributed by atoms with Crippen LogP contribution in [0.5, 0.6) is 0 Å². The van der Waals surface area contributed by atoms with Crippen LogP contribution >= 0.6 is 0 Å². The first kappa shape index (κ1) is 12.2. The van der Waals surface area contributed by atoms with Gasteiger partial charge in [0, 0.05) is 5.69 Å². The molecule has 0 saturated heterocycles. The summed E-state index contributed by atoms with van der Waals surface area (Å²) in [6, 6.07) is 10.5. The lowest BCUT2D eigenvalue weighted by molar-refractivity contribution is 0.462. The molecule has 4 heteroatoms. The molecule has 0 unspecified atom stereocenters. The van der Waals surface area contributed by atoms with Crippen LogP contribution in [0.4, 0.5) is 5.69 Å². The van der Waals surface area contributed by atoms with E-state index >= 15 is 0 Å². The molecule has 0 amide bonds. The molecule has 84 valence electrons. The van der Waals surface area contributed by atoms with E-state index < -0.39 is 0 Å². The lowest BCUT2D eigenvalue weighted by Crippen LogP contribution is -2.54. The van der Waals surface area contributed by atoms with Gasteiger partial charge in [-0.25, -0.2) is 0 Å². The Balaban J connectivity index is 2.67. The van der Waals surface area contributed by atoms with Gasteiger partial charge >= 0.3 is 0 Å². The molecule has 0 aliphatic rings. The summed E-state index contributed by atoms with van der Waals surface area (Å²) in [5, 5.41) is 6.86. The second-order valence-corrected chi connectivity index (χ2v) is 4.43. The maximum absolute atomic E-state index is 3.43. The SMILES string of the molecule is CCNC(NCC)N([SiH3])c1ccccc1. The summed E-state index contributed by atoms with van der Waals surface area (Å²) in [6.07, 6.45) is 0.258. The van der Waals surface area contributed by atoms with E-state index in [1.807, 2.05) is 0 Å². The third-order valence-corrected chi connectivity index (χ3v) is 3.38. The van der Waals surface area contributed by atoms with Crippen molar-refractivity contribution in [2.45, 2.75) is 20.1 Å². The van der Waals surface area contributed by atoms with Crippen LogP contribution in [0.25, 0.3) is 0 Å². The minimum Gasteiger partial charge on any atom is -0.380 e. The number of para-hydroxylation sites is 1. The Hall–Kier alpha value is -0.843. The molecule has 2 N–H and O–H groups in total. The zero-order chi connectivity index (χ0) is 11.1. The predicted octanol–water partition coefficient (Wildman–Crippen LogP) is 0.276. The number of nitrogens with zero attached hydrogens (tertiary/aromatic N) is 1. The molecule has 0 atom stereocenters. The zero-order valence-electron chi connectivity index (χ0n) is 9.83. The normalized spacial score (nSPS) is 10.9. The van der Waals surface area contributed by atoms with Crippen LogP contribution in [0.15, 0.2) is 30.3 Å². The Morgan fingerprint density at radius 2 is 1.67 bits per heavy atom. The molecule has 0 heterocycles. The van der Waals surface area contributed by atoms with E-state index in [1.165, 1.54) is 5.69 Å². The highest BCUT2D eigenvalue weighted by Crippen LogP contribution is 2.11. The molecule has 1 aromatic rings. The summed E-state index contributed by atoms with van der Waals surface area (Å²) in [5.41, 5.74) is 1.27. The molecule has 0 radical (unpaired) electrons. The monoisotopic (exact) mass is 223 g/mol.